The maximum Gasteiger partial charge on any atom is 0.344 e. The van der Waals surface area contributed by atoms with E-state index in [1.165, 1.54) is 204 Å². The molecule has 0 spiro atoms. The minimum Gasteiger partial charge on any atom is -0.482 e. The molecule has 16 aliphatic rings. The molecule has 16 saturated carbocycles. The molecule has 28 rings (SSSR count). The Hall–Kier alpha value is -9.41. The van der Waals surface area contributed by atoms with Crippen LogP contribution in [-0.4, -0.2) is 56.9 Å². The van der Waals surface area contributed by atoms with Gasteiger partial charge in [-0.15, -0.1) is 0 Å². The molecule has 12 aromatic carbocycles. The summed E-state index contributed by atoms with van der Waals surface area (Å²) in [6.07, 6.45) is 28.6. The third-order valence-electron chi connectivity index (χ3n) is 32.3. The fourth-order valence-corrected chi connectivity index (χ4v) is 35.9. The number of rotatable bonds is 28. The summed E-state index contributed by atoms with van der Waals surface area (Å²) in [6, 6.07) is 114. The number of hydrogen-bond acceptors (Lipinski definition) is 9. The molecule has 0 saturated heterocycles. The van der Waals surface area contributed by atoms with E-state index in [4.69, 9.17) is 37.9 Å². The molecule has 9 nitrogen and oxygen atoms in total. The molecule has 12 aromatic rings. The largest absolute Gasteiger partial charge is 0.482 e. The molecule has 0 N–H and O–H groups in total. The lowest BCUT2D eigenvalue weighted by Crippen LogP contribution is -2.58. The molecule has 134 heavy (non-hydrogen) atoms. The number of carbonyl (C=O) groups excluding carboxylic acids is 1. The van der Waals surface area contributed by atoms with Crippen LogP contribution >= 0.6 is 0 Å². The van der Waals surface area contributed by atoms with E-state index < -0.39 is 0 Å². The van der Waals surface area contributed by atoms with Gasteiger partial charge in [-0.1, -0.05) is 146 Å². The monoisotopic (exact) mass is 1860 g/mol. The van der Waals surface area contributed by atoms with Gasteiger partial charge in [0.15, 0.2) is 85.7 Å². The van der Waals surface area contributed by atoms with E-state index in [1.54, 1.807) is 0 Å². The minimum atomic E-state index is -0.308. The van der Waals surface area contributed by atoms with E-state index in [1.807, 2.05) is 12.1 Å². The molecule has 0 unspecified atom stereocenters. The minimum absolute atomic E-state index is 0.0374. The molecule has 13 heteroatoms. The van der Waals surface area contributed by atoms with Gasteiger partial charge in [-0.3, -0.25) is 0 Å². The number of carbonyl (C=O) groups is 1. The van der Waals surface area contributed by atoms with E-state index in [0.717, 1.165) is 100 Å². The average Bonchev–Trinajstić information content (AvgIpc) is 0.728. The van der Waals surface area contributed by atoms with Gasteiger partial charge in [-0.05, 0) is 426 Å². The average molecular weight is 1860 g/mol. The van der Waals surface area contributed by atoms with Gasteiger partial charge in [0.2, 0.25) is 0 Å². The highest BCUT2D eigenvalue weighted by atomic mass is 32.2. The third kappa shape index (κ3) is 20.7. The summed E-state index contributed by atoms with van der Waals surface area (Å²) in [6.45, 7) is 9.80. The van der Waals surface area contributed by atoms with Crippen molar-refractivity contribution in [3.63, 3.8) is 0 Å². The zero-order chi connectivity index (χ0) is 90.4. The van der Waals surface area contributed by atoms with Crippen molar-refractivity contribution in [3.05, 3.63) is 338 Å². The first-order chi connectivity index (χ1) is 65.8. The Kier molecular flexibility index (Phi) is 28.5. The summed E-state index contributed by atoms with van der Waals surface area (Å²) in [4.78, 5) is 28.6. The van der Waals surface area contributed by atoms with Crippen LogP contribution in [0, 0.1) is 115 Å². The second-order valence-corrected chi connectivity index (χ2v) is 49.3. The molecule has 0 aromatic heterocycles. The molecular weight excluding hydrogens is 1730 g/mol. The smallest absolute Gasteiger partial charge is 0.344 e. The number of ether oxygens (including phenoxy) is 8. The summed E-state index contributed by atoms with van der Waals surface area (Å²) in [7, 11) is -0.593. The second-order valence-electron chi connectivity index (χ2n) is 41.2. The van der Waals surface area contributed by atoms with Gasteiger partial charge in [0, 0.05) is 17.7 Å². The number of aryl methyl sites for hydroxylation is 3. The fourth-order valence-electron chi connectivity index (χ4n) is 27.3. The van der Waals surface area contributed by atoms with Crippen LogP contribution in [-0.2, 0) is 67.3 Å². The van der Waals surface area contributed by atoms with Crippen molar-refractivity contribution in [2.75, 3.05) is 27.0 Å². The molecule has 0 heterocycles. The topological polar surface area (TPSA) is 90.9 Å². The normalized spacial score (nSPS) is 28.0. The highest BCUT2D eigenvalue weighted by Gasteiger charge is 2.58. The van der Waals surface area contributed by atoms with Crippen LogP contribution in [0.25, 0.3) is 0 Å². The summed E-state index contributed by atoms with van der Waals surface area (Å²) >= 11 is 0. The van der Waals surface area contributed by atoms with E-state index in [9.17, 15) is 4.79 Å². The molecule has 16 bridgehead atoms. The Labute approximate surface area is 807 Å². The highest BCUT2D eigenvalue weighted by Crippen LogP contribution is 2.61. The number of esters is 1. The molecule has 16 fully saturated rings. The Bertz CT molecular complexity index is 5530. The highest BCUT2D eigenvalue weighted by molar-refractivity contribution is 7.98. The first kappa shape index (κ1) is 91.0. The first-order valence-corrected chi connectivity index (χ1v) is 55.1. The van der Waals surface area contributed by atoms with Crippen LogP contribution in [0.15, 0.2) is 380 Å². The Morgan fingerprint density at radius 3 is 0.821 bits per heavy atom. The van der Waals surface area contributed by atoms with Crippen molar-refractivity contribution in [1.29, 1.82) is 0 Å². The van der Waals surface area contributed by atoms with Crippen LogP contribution in [0.1, 0.15) is 152 Å². The lowest BCUT2D eigenvalue weighted by molar-refractivity contribution is -0.204. The van der Waals surface area contributed by atoms with Gasteiger partial charge in [0.05, 0.1) is 61.9 Å². The predicted molar refractivity (Wildman–Crippen MR) is 539 cm³/mol. The molecule has 0 radical (unpaired) electrons. The molecule has 16 aliphatic carbocycles. The first-order valence-electron chi connectivity index (χ1n) is 50.2. The summed E-state index contributed by atoms with van der Waals surface area (Å²) in [5.41, 5.74) is 3.33. The van der Waals surface area contributed by atoms with Crippen LogP contribution < -0.4 is 18.9 Å². The Morgan fingerprint density at radius 2 is 0.515 bits per heavy atom. The quantitative estimate of drug-likeness (QED) is 0.0270. The molecule has 690 valence electrons. The fraction of sp³-hybridized carbons (Fsp3) is 0.397. The van der Waals surface area contributed by atoms with Crippen LogP contribution in [0.4, 0.5) is 0 Å². The van der Waals surface area contributed by atoms with Crippen LogP contribution in [0.5, 0.6) is 23.0 Å². The van der Waals surface area contributed by atoms with Crippen molar-refractivity contribution in [2.24, 2.45) is 94.7 Å². The van der Waals surface area contributed by atoms with Gasteiger partial charge < -0.3 is 37.9 Å². The molecular formula is C121H132O9S4+4. The van der Waals surface area contributed by atoms with Crippen LogP contribution in [0.3, 0.4) is 0 Å². The zero-order valence-electron chi connectivity index (χ0n) is 78.3. The second kappa shape index (κ2) is 41.9. The van der Waals surface area contributed by atoms with Crippen molar-refractivity contribution in [1.82, 2.24) is 0 Å². The van der Waals surface area contributed by atoms with Crippen LogP contribution in [0.2, 0.25) is 0 Å². The van der Waals surface area contributed by atoms with Crippen molar-refractivity contribution in [2.45, 2.75) is 239 Å². The van der Waals surface area contributed by atoms with Crippen molar-refractivity contribution >= 4 is 49.5 Å². The zero-order valence-corrected chi connectivity index (χ0v) is 81.6. The summed E-state index contributed by atoms with van der Waals surface area (Å²) in [5, 5.41) is 0. The van der Waals surface area contributed by atoms with E-state index >= 15 is 0 Å². The SMILES string of the molecule is CC1(OC(=O)COc2ccc([S+](c3ccccc3)c3ccccc3)cc2)C2CC3CC(C2)CC1C3.Cc1cc(OCOC2C3CC4CC(C3)CC2C4)ccc1[S+](c1ccccc1)c1ccccc1.Cc1cc([S+](c2ccccc2)c2ccccc2)cc(C)c1OCOC1C2CC3CC(C2)CC1C3.c1ccc([S+](c2ccccc2)c2ccc(OCOC3C4CC5CC(C4)CC3C5)cc2)cc1. The standard InChI is InChI=1S/C31H33O3S.C31H35O2S.C30H33O2S.C29H31O2S/c1-31(24-17-22-16-23(19-24)20-25(31)18-22)34-30(32)21-33-26-12-14-29(15-13-26)35(27-8-4-2-5-9-27)28-10-6-3-7-11-28;1-21-13-29(34(27-9-5-3-6-10-27)28-11-7-4-8-12-28)14-22(2)30(21)32-20-33-31-25-16-23-15-24(18-25)19-26(31)17-23;1-21-14-26(31-20-32-30-24-16-22-15-23(18-24)19-25(30)17-22)12-13-29(21)33(27-8-4-2-5-9-27)28-10-6-3-7-11-28;1-3-7-26(8-4-1)32(27-9-5-2-6-10-27)28-13-11-25(12-14-28)30-20-31-29-23-16-21-15-22(18-23)19-24(29)17-21/h2-15,22-25H,16-21H2,1H3;3-14,23-26,31H,15-20H2,1-2H3;2-14,22-25,30H,15-20H2,1H3;1-14,21-24,29H,15-20H2/q4*+1. The van der Waals surface area contributed by atoms with E-state index in [0.29, 0.717) is 56.3 Å². The van der Waals surface area contributed by atoms with Gasteiger partial charge in [-0.2, -0.15) is 0 Å². The van der Waals surface area contributed by atoms with Crippen molar-refractivity contribution < 1.29 is 42.7 Å². The van der Waals surface area contributed by atoms with Gasteiger partial charge in [0.1, 0.15) is 28.6 Å². The number of hydrogen-bond donors (Lipinski definition) is 0. The predicted octanol–water partition coefficient (Wildman–Crippen LogP) is 28.7. The van der Waals surface area contributed by atoms with Gasteiger partial charge in [0.25, 0.3) is 0 Å². The molecule has 0 atom stereocenters. The molecule has 0 amide bonds. The Balaban J connectivity index is 0.000000107. The van der Waals surface area contributed by atoms with Crippen molar-refractivity contribution in [3.8, 4) is 23.0 Å². The maximum absolute atomic E-state index is 12.8. The van der Waals surface area contributed by atoms with Gasteiger partial charge >= 0.3 is 5.97 Å². The number of benzene rings is 12. The summed E-state index contributed by atoms with van der Waals surface area (Å²) < 4.78 is 49.6. The van der Waals surface area contributed by atoms with E-state index in [-0.39, 0.29) is 61.8 Å². The third-order valence-corrected chi connectivity index (χ3v) is 41.3. The Morgan fingerprint density at radius 1 is 0.261 bits per heavy atom. The molecule has 0 aliphatic heterocycles. The lowest BCUT2D eigenvalue weighted by atomic mass is 9.50. The van der Waals surface area contributed by atoms with Gasteiger partial charge in [-0.25, -0.2) is 4.79 Å². The maximum atomic E-state index is 12.8. The van der Waals surface area contributed by atoms with E-state index in [2.05, 4.69) is 337 Å². The summed E-state index contributed by atoms with van der Waals surface area (Å²) in [5.74, 6) is 16.5. The lowest BCUT2D eigenvalue weighted by Gasteiger charge is -2.59.